The maximum atomic E-state index is 10.7. The molecule has 1 rings (SSSR count). The molecule has 0 aromatic rings. The maximum Gasteiger partial charge on any atom is 0.152 e. The molecule has 0 unspecified atom stereocenters. The lowest BCUT2D eigenvalue weighted by Gasteiger charge is -2.21. The number of hydrogen-bond donors (Lipinski definition) is 0. The lowest BCUT2D eigenvalue weighted by atomic mass is 9.84. The van der Waals surface area contributed by atoms with Gasteiger partial charge < -0.3 is 0 Å². The Balaban J connectivity index is 2.45. The van der Waals surface area contributed by atoms with Crippen LogP contribution in [0.25, 0.3) is 0 Å². The zero-order valence-electron chi connectivity index (χ0n) is 9.25. The van der Waals surface area contributed by atoms with Crippen LogP contribution in [-0.2, 0) is 4.79 Å². The molecule has 1 fully saturated rings. The fraction of sp³-hybridized carbons (Fsp3) is 0.615. The molecule has 1 nitrogen and oxygen atoms in total. The van der Waals surface area contributed by atoms with Crippen LogP contribution in [0.15, 0.2) is 23.8 Å². The summed E-state index contributed by atoms with van der Waals surface area (Å²) in [7, 11) is 0. The Kier molecular flexibility index (Phi) is 4.64. The quantitative estimate of drug-likeness (QED) is 0.492. The van der Waals surface area contributed by atoms with Crippen LogP contribution in [0.5, 0.6) is 0 Å². The van der Waals surface area contributed by atoms with E-state index < -0.39 is 0 Å². The molecule has 0 amide bonds. The predicted octanol–water partition coefficient (Wildman–Crippen LogP) is 3.66. The highest BCUT2D eigenvalue weighted by atomic mass is 16.1. The van der Waals surface area contributed by atoms with Crippen LogP contribution in [0.3, 0.4) is 0 Å². The molecular formula is C13H20O. The van der Waals surface area contributed by atoms with Crippen molar-refractivity contribution in [2.75, 3.05) is 0 Å². The molecule has 0 aromatic carbocycles. The zero-order chi connectivity index (χ0) is 10.4. The fourth-order valence-electron chi connectivity index (χ4n) is 2.03. The Labute approximate surface area is 86.9 Å². The third-order valence-electron chi connectivity index (χ3n) is 2.94. The summed E-state index contributed by atoms with van der Waals surface area (Å²) in [6.07, 6.45) is 12.4. The standard InChI is InChI=1S/C13H20O/c1-11(7-6-8-12(2)14)13-9-4-3-5-10-13/h6-8,13H,3-5,9-10H2,1-2H3. The molecule has 1 saturated carbocycles. The number of hydrogen-bond acceptors (Lipinski definition) is 1. The van der Waals surface area contributed by atoms with E-state index in [1.807, 2.05) is 6.08 Å². The maximum absolute atomic E-state index is 10.7. The van der Waals surface area contributed by atoms with E-state index >= 15 is 0 Å². The van der Waals surface area contributed by atoms with E-state index in [1.165, 1.54) is 37.7 Å². The molecule has 0 N–H and O–H groups in total. The van der Waals surface area contributed by atoms with Gasteiger partial charge in [0.2, 0.25) is 0 Å². The van der Waals surface area contributed by atoms with Gasteiger partial charge in [-0.15, -0.1) is 0 Å². The van der Waals surface area contributed by atoms with Gasteiger partial charge in [-0.25, -0.2) is 0 Å². The molecule has 1 heteroatoms. The summed E-state index contributed by atoms with van der Waals surface area (Å²) >= 11 is 0. The van der Waals surface area contributed by atoms with Crippen molar-refractivity contribution in [3.63, 3.8) is 0 Å². The van der Waals surface area contributed by atoms with Crippen LogP contribution in [0.2, 0.25) is 0 Å². The Morgan fingerprint density at radius 2 is 1.79 bits per heavy atom. The van der Waals surface area contributed by atoms with E-state index in [-0.39, 0.29) is 5.78 Å². The SMILES string of the molecule is CC(=O)C=CC=C(C)C1CCCCC1. The molecule has 0 atom stereocenters. The van der Waals surface area contributed by atoms with Crippen molar-refractivity contribution in [3.8, 4) is 0 Å². The largest absolute Gasteiger partial charge is 0.295 e. The molecule has 0 spiro atoms. The second kappa shape index (κ2) is 5.79. The molecular weight excluding hydrogens is 172 g/mol. The number of carbonyl (C=O) groups excluding carboxylic acids is 1. The highest BCUT2D eigenvalue weighted by molar-refractivity contribution is 5.87. The van der Waals surface area contributed by atoms with Gasteiger partial charge >= 0.3 is 0 Å². The molecule has 0 radical (unpaired) electrons. The summed E-state index contributed by atoms with van der Waals surface area (Å²) in [5.74, 6) is 0.887. The minimum Gasteiger partial charge on any atom is -0.295 e. The summed E-state index contributed by atoms with van der Waals surface area (Å²) in [4.78, 5) is 10.7. The Morgan fingerprint density at radius 3 is 2.36 bits per heavy atom. The van der Waals surface area contributed by atoms with E-state index in [0.29, 0.717) is 0 Å². The van der Waals surface area contributed by atoms with Crippen LogP contribution >= 0.6 is 0 Å². The van der Waals surface area contributed by atoms with Crippen molar-refractivity contribution < 1.29 is 4.79 Å². The average molecular weight is 192 g/mol. The highest BCUT2D eigenvalue weighted by Gasteiger charge is 2.13. The summed E-state index contributed by atoms with van der Waals surface area (Å²) in [5.41, 5.74) is 1.43. The van der Waals surface area contributed by atoms with Gasteiger partial charge in [0.25, 0.3) is 0 Å². The Morgan fingerprint density at radius 1 is 1.14 bits per heavy atom. The van der Waals surface area contributed by atoms with Gasteiger partial charge in [0.15, 0.2) is 5.78 Å². The van der Waals surface area contributed by atoms with E-state index in [0.717, 1.165) is 5.92 Å². The van der Waals surface area contributed by atoms with Crippen LogP contribution < -0.4 is 0 Å². The molecule has 78 valence electrons. The first-order chi connectivity index (χ1) is 6.70. The van der Waals surface area contributed by atoms with Crippen molar-refractivity contribution in [2.24, 2.45) is 5.92 Å². The Bertz CT molecular complexity index is 242. The fourth-order valence-corrected chi connectivity index (χ4v) is 2.03. The van der Waals surface area contributed by atoms with Crippen molar-refractivity contribution in [3.05, 3.63) is 23.8 Å². The molecule has 0 saturated heterocycles. The van der Waals surface area contributed by atoms with Crippen LogP contribution in [0.1, 0.15) is 46.0 Å². The topological polar surface area (TPSA) is 17.1 Å². The third kappa shape index (κ3) is 3.91. The minimum absolute atomic E-state index is 0.123. The van der Waals surface area contributed by atoms with Crippen molar-refractivity contribution in [1.82, 2.24) is 0 Å². The first-order valence-corrected chi connectivity index (χ1v) is 5.55. The normalized spacial score (nSPS) is 20.3. The summed E-state index contributed by atoms with van der Waals surface area (Å²) in [5, 5.41) is 0. The number of rotatable bonds is 3. The van der Waals surface area contributed by atoms with E-state index in [9.17, 15) is 4.79 Å². The number of carbonyl (C=O) groups is 1. The van der Waals surface area contributed by atoms with Crippen molar-refractivity contribution in [2.45, 2.75) is 46.0 Å². The highest BCUT2D eigenvalue weighted by Crippen LogP contribution is 2.29. The van der Waals surface area contributed by atoms with Crippen LogP contribution in [0.4, 0.5) is 0 Å². The third-order valence-corrected chi connectivity index (χ3v) is 2.94. The van der Waals surface area contributed by atoms with E-state index in [2.05, 4.69) is 13.0 Å². The predicted molar refractivity (Wildman–Crippen MR) is 60.2 cm³/mol. The van der Waals surface area contributed by atoms with Crippen molar-refractivity contribution in [1.29, 1.82) is 0 Å². The molecule has 1 aliphatic carbocycles. The zero-order valence-corrected chi connectivity index (χ0v) is 9.25. The lowest BCUT2D eigenvalue weighted by Crippen LogP contribution is -2.06. The first kappa shape index (κ1) is 11.2. The molecule has 0 aliphatic heterocycles. The average Bonchev–Trinajstić information content (AvgIpc) is 2.18. The van der Waals surface area contributed by atoms with E-state index in [1.54, 1.807) is 13.0 Å². The molecule has 0 aromatic heterocycles. The van der Waals surface area contributed by atoms with Crippen LogP contribution in [0, 0.1) is 5.92 Å². The van der Waals surface area contributed by atoms with Crippen molar-refractivity contribution >= 4 is 5.78 Å². The van der Waals surface area contributed by atoms with Gasteiger partial charge in [-0.3, -0.25) is 4.79 Å². The smallest absolute Gasteiger partial charge is 0.152 e. The van der Waals surface area contributed by atoms with Gasteiger partial charge in [-0.2, -0.15) is 0 Å². The first-order valence-electron chi connectivity index (χ1n) is 5.55. The van der Waals surface area contributed by atoms with E-state index in [4.69, 9.17) is 0 Å². The monoisotopic (exact) mass is 192 g/mol. The van der Waals surface area contributed by atoms with Gasteiger partial charge in [0, 0.05) is 0 Å². The second-order valence-corrected chi connectivity index (χ2v) is 4.22. The lowest BCUT2D eigenvalue weighted by molar-refractivity contribution is -0.112. The molecule has 0 bridgehead atoms. The summed E-state index contributed by atoms with van der Waals surface area (Å²) in [6, 6.07) is 0. The Hall–Kier alpha value is -0.850. The molecule has 14 heavy (non-hydrogen) atoms. The number of ketones is 1. The summed E-state index contributed by atoms with van der Waals surface area (Å²) in [6.45, 7) is 3.76. The molecule has 0 heterocycles. The second-order valence-electron chi connectivity index (χ2n) is 4.22. The molecule has 1 aliphatic rings. The summed E-state index contributed by atoms with van der Waals surface area (Å²) < 4.78 is 0. The van der Waals surface area contributed by atoms with Gasteiger partial charge in [-0.05, 0) is 38.7 Å². The van der Waals surface area contributed by atoms with Gasteiger partial charge in [0.1, 0.15) is 0 Å². The minimum atomic E-state index is 0.123. The van der Waals surface area contributed by atoms with Gasteiger partial charge in [0.05, 0.1) is 0 Å². The van der Waals surface area contributed by atoms with Gasteiger partial charge in [-0.1, -0.05) is 37.0 Å². The number of allylic oxidation sites excluding steroid dienone is 4. The van der Waals surface area contributed by atoms with Crippen LogP contribution in [-0.4, -0.2) is 5.78 Å².